The minimum atomic E-state index is -0.0108. The largest absolute Gasteiger partial charge is 0.489 e. The second-order valence-corrected chi connectivity index (χ2v) is 10.3. The summed E-state index contributed by atoms with van der Waals surface area (Å²) in [6.45, 7) is 8.29. The van der Waals surface area contributed by atoms with Gasteiger partial charge in [-0.25, -0.2) is 4.98 Å². The Labute approximate surface area is 202 Å². The molecule has 1 N–H and O–H groups in total. The minimum Gasteiger partial charge on any atom is -0.489 e. The van der Waals surface area contributed by atoms with E-state index in [0.717, 1.165) is 44.3 Å². The third-order valence-electron chi connectivity index (χ3n) is 6.73. The van der Waals surface area contributed by atoms with E-state index < -0.39 is 0 Å². The predicted octanol–water partition coefficient (Wildman–Crippen LogP) is 4.11. The SMILES string of the molecule is CC1(C)CCCN(CC(=O)N2CCCC(CO)C2)Cc2cccnc2Oc2ccccc2OC1. The zero-order valence-electron chi connectivity index (χ0n) is 20.4. The lowest BCUT2D eigenvalue weighted by Gasteiger charge is -2.34. The van der Waals surface area contributed by atoms with Crippen LogP contribution in [0.15, 0.2) is 42.6 Å². The summed E-state index contributed by atoms with van der Waals surface area (Å²) >= 11 is 0. The summed E-state index contributed by atoms with van der Waals surface area (Å²) in [5.74, 6) is 2.20. The van der Waals surface area contributed by atoms with E-state index >= 15 is 0 Å². The van der Waals surface area contributed by atoms with E-state index in [9.17, 15) is 9.90 Å². The maximum Gasteiger partial charge on any atom is 0.236 e. The van der Waals surface area contributed by atoms with Crippen LogP contribution >= 0.6 is 0 Å². The maximum atomic E-state index is 13.2. The van der Waals surface area contributed by atoms with Crippen molar-refractivity contribution in [1.82, 2.24) is 14.8 Å². The zero-order chi connectivity index (χ0) is 24.0. The first kappa shape index (κ1) is 24.5. The van der Waals surface area contributed by atoms with E-state index in [-0.39, 0.29) is 23.8 Å². The van der Waals surface area contributed by atoms with Crippen molar-refractivity contribution in [3.8, 4) is 17.4 Å². The minimum absolute atomic E-state index is 0.0108. The van der Waals surface area contributed by atoms with Gasteiger partial charge in [0.05, 0.1) is 13.2 Å². The molecule has 1 atom stereocenters. The molecule has 4 rings (SSSR count). The lowest BCUT2D eigenvalue weighted by molar-refractivity contribution is -0.134. The molecule has 0 radical (unpaired) electrons. The van der Waals surface area contributed by atoms with Crippen LogP contribution in [0.4, 0.5) is 0 Å². The van der Waals surface area contributed by atoms with Crippen molar-refractivity contribution in [3.63, 3.8) is 0 Å². The first-order chi connectivity index (χ1) is 16.4. The normalized spacial score (nSPS) is 21.5. The molecule has 7 nitrogen and oxygen atoms in total. The van der Waals surface area contributed by atoms with Crippen LogP contribution in [-0.2, 0) is 11.3 Å². The van der Waals surface area contributed by atoms with E-state index in [2.05, 4.69) is 23.7 Å². The molecule has 3 heterocycles. The van der Waals surface area contributed by atoms with Gasteiger partial charge in [0, 0.05) is 38.0 Å². The Morgan fingerprint density at radius 1 is 1.15 bits per heavy atom. The lowest BCUT2D eigenvalue weighted by Crippen LogP contribution is -2.45. The Balaban J connectivity index is 1.56. The number of para-hydroxylation sites is 2. The van der Waals surface area contributed by atoms with Gasteiger partial charge in [-0.15, -0.1) is 0 Å². The summed E-state index contributed by atoms with van der Waals surface area (Å²) in [5.41, 5.74) is 0.930. The van der Waals surface area contributed by atoms with Crippen LogP contribution in [0.3, 0.4) is 0 Å². The highest BCUT2D eigenvalue weighted by molar-refractivity contribution is 5.78. The van der Waals surface area contributed by atoms with Crippen LogP contribution in [0.5, 0.6) is 17.4 Å². The monoisotopic (exact) mass is 467 g/mol. The summed E-state index contributed by atoms with van der Waals surface area (Å²) in [7, 11) is 0. The second-order valence-electron chi connectivity index (χ2n) is 10.3. The second kappa shape index (κ2) is 11.2. The highest BCUT2D eigenvalue weighted by Crippen LogP contribution is 2.34. The number of aromatic nitrogens is 1. The number of aliphatic hydroxyl groups is 1. The van der Waals surface area contributed by atoms with Gasteiger partial charge in [0.15, 0.2) is 11.5 Å². The Kier molecular flexibility index (Phi) is 8.06. The van der Waals surface area contributed by atoms with E-state index in [0.29, 0.717) is 43.6 Å². The van der Waals surface area contributed by atoms with Crippen molar-refractivity contribution in [2.24, 2.45) is 11.3 Å². The molecule has 7 heteroatoms. The van der Waals surface area contributed by atoms with E-state index in [1.54, 1.807) is 6.20 Å². The molecule has 1 aromatic carbocycles. The number of benzene rings is 1. The van der Waals surface area contributed by atoms with Gasteiger partial charge in [-0.1, -0.05) is 32.0 Å². The van der Waals surface area contributed by atoms with Crippen molar-refractivity contribution < 1.29 is 19.4 Å². The van der Waals surface area contributed by atoms with Crippen molar-refractivity contribution in [2.45, 2.75) is 46.1 Å². The number of likely N-dealkylation sites (tertiary alicyclic amines) is 1. The number of hydrogen-bond acceptors (Lipinski definition) is 6. The maximum absolute atomic E-state index is 13.2. The molecule has 0 saturated carbocycles. The number of hydrogen-bond donors (Lipinski definition) is 1. The van der Waals surface area contributed by atoms with E-state index in [1.807, 2.05) is 41.3 Å². The van der Waals surface area contributed by atoms with Gasteiger partial charge in [0.25, 0.3) is 0 Å². The summed E-state index contributed by atoms with van der Waals surface area (Å²) in [6.07, 6.45) is 5.60. The summed E-state index contributed by atoms with van der Waals surface area (Å²) in [5, 5.41) is 9.56. The first-order valence-corrected chi connectivity index (χ1v) is 12.4. The lowest BCUT2D eigenvalue weighted by atomic mass is 9.88. The van der Waals surface area contributed by atoms with Gasteiger partial charge in [-0.2, -0.15) is 0 Å². The van der Waals surface area contributed by atoms with Gasteiger partial charge >= 0.3 is 0 Å². The average molecular weight is 468 g/mol. The van der Waals surface area contributed by atoms with Gasteiger partial charge in [-0.05, 0) is 61.8 Å². The van der Waals surface area contributed by atoms with Crippen LogP contribution in [0.1, 0.15) is 45.1 Å². The number of amides is 1. The van der Waals surface area contributed by atoms with Gasteiger partial charge in [0.1, 0.15) is 0 Å². The third-order valence-corrected chi connectivity index (χ3v) is 6.73. The van der Waals surface area contributed by atoms with Gasteiger partial charge in [-0.3, -0.25) is 9.69 Å². The van der Waals surface area contributed by atoms with Crippen LogP contribution in [0.25, 0.3) is 0 Å². The van der Waals surface area contributed by atoms with Crippen LogP contribution in [-0.4, -0.2) is 65.2 Å². The smallest absolute Gasteiger partial charge is 0.236 e. The van der Waals surface area contributed by atoms with Crippen molar-refractivity contribution in [1.29, 1.82) is 0 Å². The highest BCUT2D eigenvalue weighted by Gasteiger charge is 2.26. The molecule has 2 aliphatic heterocycles. The van der Waals surface area contributed by atoms with Crippen molar-refractivity contribution >= 4 is 5.91 Å². The number of pyridine rings is 1. The number of carbonyl (C=O) groups excluding carboxylic acids is 1. The Morgan fingerprint density at radius 3 is 2.79 bits per heavy atom. The van der Waals surface area contributed by atoms with Crippen LogP contribution < -0.4 is 9.47 Å². The summed E-state index contributed by atoms with van der Waals surface area (Å²) < 4.78 is 12.4. The number of piperidine rings is 1. The molecule has 2 aliphatic rings. The summed E-state index contributed by atoms with van der Waals surface area (Å²) in [6, 6.07) is 11.6. The number of nitrogens with zero attached hydrogens (tertiary/aromatic N) is 3. The molecule has 184 valence electrons. The number of carbonyl (C=O) groups is 1. The number of aliphatic hydroxyl groups excluding tert-OH is 1. The first-order valence-electron chi connectivity index (χ1n) is 12.4. The van der Waals surface area contributed by atoms with Crippen molar-refractivity contribution in [3.05, 3.63) is 48.2 Å². The fourth-order valence-electron chi connectivity index (χ4n) is 4.71. The van der Waals surface area contributed by atoms with E-state index in [1.165, 1.54) is 0 Å². The molecule has 34 heavy (non-hydrogen) atoms. The number of ether oxygens (including phenoxy) is 2. The van der Waals surface area contributed by atoms with Gasteiger partial charge < -0.3 is 19.5 Å². The Hall–Kier alpha value is -2.64. The fraction of sp³-hybridized carbons (Fsp3) is 0.556. The highest BCUT2D eigenvalue weighted by atomic mass is 16.5. The number of rotatable bonds is 3. The molecule has 1 fully saturated rings. The fourth-order valence-corrected chi connectivity index (χ4v) is 4.71. The third kappa shape index (κ3) is 6.48. The molecule has 1 unspecified atom stereocenters. The van der Waals surface area contributed by atoms with Crippen LogP contribution in [0, 0.1) is 11.3 Å². The van der Waals surface area contributed by atoms with Crippen molar-refractivity contribution in [2.75, 3.05) is 39.4 Å². The molecule has 1 saturated heterocycles. The molecular weight excluding hydrogens is 430 g/mol. The molecule has 1 amide bonds. The zero-order valence-corrected chi connectivity index (χ0v) is 20.4. The predicted molar refractivity (Wildman–Crippen MR) is 131 cm³/mol. The quantitative estimate of drug-likeness (QED) is 0.732. The standard InChI is InChI=1S/C27H37N3O4/c1-27(2)12-7-14-29(18-25(32)30-15-6-8-21(16-30)19-31)17-22-9-5-13-28-26(22)34-24-11-4-3-10-23(24)33-20-27/h3-5,9-11,13,21,31H,6-8,12,14-20H2,1-2H3. The molecular formula is C27H37N3O4. The Morgan fingerprint density at radius 2 is 1.97 bits per heavy atom. The molecule has 0 bridgehead atoms. The Bertz CT molecular complexity index is 964. The topological polar surface area (TPSA) is 75.1 Å². The molecule has 1 aromatic heterocycles. The molecule has 0 spiro atoms. The number of fused-ring (bicyclic) bond motifs is 2. The summed E-state index contributed by atoms with van der Waals surface area (Å²) in [4.78, 5) is 21.8. The average Bonchev–Trinajstić information content (AvgIpc) is 2.85. The molecule has 2 aromatic rings. The van der Waals surface area contributed by atoms with E-state index in [4.69, 9.17) is 9.47 Å². The van der Waals surface area contributed by atoms with Gasteiger partial charge in [0.2, 0.25) is 11.8 Å². The molecule has 0 aliphatic carbocycles. The van der Waals surface area contributed by atoms with Crippen LogP contribution in [0.2, 0.25) is 0 Å².